The highest BCUT2D eigenvalue weighted by molar-refractivity contribution is 7.47. The Morgan fingerprint density at radius 1 is 0.419 bits per heavy atom. The lowest BCUT2D eigenvalue weighted by Crippen LogP contribution is -2.37. The van der Waals surface area contributed by atoms with Crippen LogP contribution < -0.4 is 0 Å². The van der Waals surface area contributed by atoms with Crippen LogP contribution in [0.2, 0.25) is 0 Å². The van der Waals surface area contributed by atoms with E-state index in [1.807, 2.05) is 21.1 Å². The van der Waals surface area contributed by atoms with Crippen molar-refractivity contribution in [3.8, 4) is 0 Å². The van der Waals surface area contributed by atoms with Crippen LogP contribution in [0.1, 0.15) is 232 Å². The maximum atomic E-state index is 12.8. The number of rotatable bonds is 53. The van der Waals surface area contributed by atoms with E-state index in [4.69, 9.17) is 18.5 Å². The van der Waals surface area contributed by atoms with Gasteiger partial charge in [-0.15, -0.1) is 0 Å². The molecule has 0 saturated carbocycles. The van der Waals surface area contributed by atoms with Crippen molar-refractivity contribution in [3.63, 3.8) is 0 Å². The fourth-order valence-electron chi connectivity index (χ4n) is 7.67. The van der Waals surface area contributed by atoms with Gasteiger partial charge in [-0.05, 0) is 103 Å². The van der Waals surface area contributed by atoms with E-state index in [1.54, 1.807) is 0 Å². The van der Waals surface area contributed by atoms with Crippen LogP contribution in [-0.4, -0.2) is 74.9 Å². The predicted octanol–water partition coefficient (Wildman–Crippen LogP) is 18.6. The summed E-state index contributed by atoms with van der Waals surface area (Å²) in [5.74, 6) is -0.868. The lowest BCUT2D eigenvalue weighted by atomic mass is 10.0. The van der Waals surface area contributed by atoms with E-state index < -0.39 is 26.5 Å². The van der Waals surface area contributed by atoms with Gasteiger partial charge in [-0.1, -0.05) is 226 Å². The molecule has 424 valence electrons. The molecule has 0 radical (unpaired) electrons. The minimum absolute atomic E-state index is 0.0168. The van der Waals surface area contributed by atoms with Crippen molar-refractivity contribution in [2.24, 2.45) is 0 Å². The number of esters is 2. The molecular weight excluding hydrogens is 942 g/mol. The Kier molecular flexibility index (Phi) is 52.0. The lowest BCUT2D eigenvalue weighted by Gasteiger charge is -2.24. The molecule has 0 fully saturated rings. The maximum Gasteiger partial charge on any atom is 0.472 e. The van der Waals surface area contributed by atoms with Gasteiger partial charge < -0.3 is 18.9 Å². The summed E-state index contributed by atoms with van der Waals surface area (Å²) in [5.41, 5.74) is 0. The standard InChI is InChI=1S/C64H110NO8P/c1-6-8-10-12-14-16-18-20-22-24-25-26-27-28-29-30-31-32-33-34-35-36-37-38-39-41-42-44-46-48-50-52-54-56-63(66)70-60-62(61-72-74(68,69)71-59-58-65(3,4)5)73-64(67)57-55-53-51-49-47-45-43-40-23-21-19-17-15-13-11-9-7-2/h14-17,20-23,25-26,28-29,31-32,43,45,49,51,62H,6-13,18-19,24,27,30,33-42,44,46-48,50,52-61H2,1-5H3/p+1/b16-14-,17-15-,22-20-,23-21-,26-25-,29-28-,32-31-,45-43-,51-49-/t62-/m1/s1. The number of nitrogens with zero attached hydrogens (tertiary/aromatic N) is 1. The van der Waals surface area contributed by atoms with Crippen LogP contribution in [0.25, 0.3) is 0 Å². The van der Waals surface area contributed by atoms with Gasteiger partial charge in [0.05, 0.1) is 27.7 Å². The Morgan fingerprint density at radius 3 is 1.12 bits per heavy atom. The Labute approximate surface area is 455 Å². The van der Waals surface area contributed by atoms with Crippen molar-refractivity contribution < 1.29 is 42.1 Å². The molecule has 0 amide bonds. The molecule has 0 aliphatic rings. The molecule has 0 aliphatic heterocycles. The van der Waals surface area contributed by atoms with Crippen molar-refractivity contribution in [2.45, 2.75) is 238 Å². The fourth-order valence-corrected chi connectivity index (χ4v) is 8.42. The first-order valence-electron chi connectivity index (χ1n) is 29.6. The summed E-state index contributed by atoms with van der Waals surface area (Å²) in [6, 6.07) is 0. The van der Waals surface area contributed by atoms with Crippen molar-refractivity contribution in [2.75, 3.05) is 47.5 Å². The number of likely N-dealkylation sites (N-methyl/N-ethyl adjacent to an activating group) is 1. The van der Waals surface area contributed by atoms with Crippen LogP contribution in [-0.2, 0) is 32.7 Å². The van der Waals surface area contributed by atoms with E-state index in [0.29, 0.717) is 23.9 Å². The van der Waals surface area contributed by atoms with Gasteiger partial charge in [-0.25, -0.2) is 4.57 Å². The molecule has 0 spiro atoms. The number of quaternary nitrogens is 1. The summed E-state index contributed by atoms with van der Waals surface area (Å²) in [6.07, 6.45) is 76.0. The van der Waals surface area contributed by atoms with Crippen LogP contribution >= 0.6 is 7.82 Å². The predicted molar refractivity (Wildman–Crippen MR) is 316 cm³/mol. The van der Waals surface area contributed by atoms with E-state index in [-0.39, 0.29) is 32.0 Å². The Balaban J connectivity index is 4.14. The van der Waals surface area contributed by atoms with Gasteiger partial charge in [0.15, 0.2) is 6.10 Å². The summed E-state index contributed by atoms with van der Waals surface area (Å²) >= 11 is 0. The van der Waals surface area contributed by atoms with Crippen molar-refractivity contribution in [3.05, 3.63) is 109 Å². The van der Waals surface area contributed by atoms with Crippen molar-refractivity contribution in [1.29, 1.82) is 0 Å². The molecule has 0 rings (SSSR count). The number of carbonyl (C=O) groups excluding carboxylic acids is 2. The summed E-state index contributed by atoms with van der Waals surface area (Å²) in [6.45, 7) is 4.30. The minimum atomic E-state index is -4.41. The number of carbonyl (C=O) groups is 2. The number of allylic oxidation sites excluding steroid dienone is 18. The third kappa shape index (κ3) is 57.9. The summed E-state index contributed by atoms with van der Waals surface area (Å²) in [4.78, 5) is 35.6. The molecule has 0 saturated heterocycles. The van der Waals surface area contributed by atoms with Gasteiger partial charge >= 0.3 is 19.8 Å². The van der Waals surface area contributed by atoms with Gasteiger partial charge in [0, 0.05) is 12.8 Å². The molecule has 0 aromatic heterocycles. The lowest BCUT2D eigenvalue weighted by molar-refractivity contribution is -0.870. The highest BCUT2D eigenvalue weighted by atomic mass is 31.2. The molecule has 0 aliphatic carbocycles. The Morgan fingerprint density at radius 2 is 0.743 bits per heavy atom. The first kappa shape index (κ1) is 70.7. The molecule has 9 nitrogen and oxygen atoms in total. The average Bonchev–Trinajstić information content (AvgIpc) is 3.36. The molecule has 0 heterocycles. The number of ether oxygens (including phenoxy) is 2. The quantitative estimate of drug-likeness (QED) is 0.0211. The minimum Gasteiger partial charge on any atom is -0.462 e. The molecule has 74 heavy (non-hydrogen) atoms. The zero-order valence-electron chi connectivity index (χ0n) is 48.0. The van der Waals surface area contributed by atoms with E-state index in [1.165, 1.54) is 128 Å². The van der Waals surface area contributed by atoms with Gasteiger partial charge in [0.2, 0.25) is 0 Å². The smallest absolute Gasteiger partial charge is 0.462 e. The monoisotopic (exact) mass is 1050 g/mol. The Bertz CT molecular complexity index is 1620. The SMILES string of the molecule is CCCCC/C=C\C/C=C\C/C=C\C/C=C\C/C=C\CCCCCCCCCCCCCCCCC(=O)OC[C@H](COP(=O)(O)OCC[N+](C)(C)C)OC(=O)CCC/C=C\C/C=C\C/C=C\C/C=C\CCCCC. The third-order valence-electron chi connectivity index (χ3n) is 12.3. The highest BCUT2D eigenvalue weighted by Crippen LogP contribution is 2.43. The van der Waals surface area contributed by atoms with Crippen LogP contribution in [0.15, 0.2) is 109 Å². The summed E-state index contributed by atoms with van der Waals surface area (Å²) in [5, 5.41) is 0. The Hall–Kier alpha value is -3.33. The zero-order valence-corrected chi connectivity index (χ0v) is 48.9. The van der Waals surface area contributed by atoms with Gasteiger partial charge in [0.1, 0.15) is 19.8 Å². The molecule has 0 bridgehead atoms. The van der Waals surface area contributed by atoms with Crippen LogP contribution in [0.5, 0.6) is 0 Å². The first-order valence-corrected chi connectivity index (χ1v) is 31.1. The number of hydrogen-bond donors (Lipinski definition) is 1. The summed E-state index contributed by atoms with van der Waals surface area (Å²) < 4.78 is 34.5. The molecule has 0 aromatic rings. The van der Waals surface area contributed by atoms with Crippen molar-refractivity contribution in [1.82, 2.24) is 0 Å². The topological polar surface area (TPSA) is 108 Å². The van der Waals surface area contributed by atoms with E-state index in [9.17, 15) is 19.0 Å². The number of phosphoric ester groups is 1. The average molecular weight is 1050 g/mol. The number of phosphoric acid groups is 1. The summed E-state index contributed by atoms with van der Waals surface area (Å²) in [7, 11) is 1.43. The molecule has 2 atom stereocenters. The largest absolute Gasteiger partial charge is 0.472 e. The number of unbranched alkanes of at least 4 members (excludes halogenated alkanes) is 21. The second-order valence-electron chi connectivity index (χ2n) is 20.7. The first-order chi connectivity index (χ1) is 36.0. The second kappa shape index (κ2) is 54.5. The molecule has 10 heteroatoms. The van der Waals surface area contributed by atoms with Gasteiger partial charge in [-0.2, -0.15) is 0 Å². The normalized spacial score (nSPS) is 14.1. The van der Waals surface area contributed by atoms with E-state index in [2.05, 4.69) is 123 Å². The number of hydrogen-bond acceptors (Lipinski definition) is 7. The molecular formula is C64H111NO8P+. The van der Waals surface area contributed by atoms with E-state index >= 15 is 0 Å². The van der Waals surface area contributed by atoms with Crippen LogP contribution in [0.3, 0.4) is 0 Å². The van der Waals surface area contributed by atoms with E-state index in [0.717, 1.165) is 64.2 Å². The van der Waals surface area contributed by atoms with Crippen molar-refractivity contribution >= 4 is 19.8 Å². The van der Waals surface area contributed by atoms with Gasteiger partial charge in [-0.3, -0.25) is 18.6 Å². The van der Waals surface area contributed by atoms with Crippen LogP contribution in [0, 0.1) is 0 Å². The zero-order chi connectivity index (χ0) is 54.2. The second-order valence-corrected chi connectivity index (χ2v) is 22.1. The third-order valence-corrected chi connectivity index (χ3v) is 13.3. The molecule has 0 aromatic carbocycles. The fraction of sp³-hybridized carbons (Fsp3) is 0.688. The van der Waals surface area contributed by atoms with Crippen LogP contribution in [0.4, 0.5) is 0 Å². The highest BCUT2D eigenvalue weighted by Gasteiger charge is 2.27. The molecule has 1 unspecified atom stereocenters. The molecule has 1 N–H and O–H groups in total. The maximum absolute atomic E-state index is 12.8. The van der Waals surface area contributed by atoms with Gasteiger partial charge in [0.25, 0.3) is 0 Å².